The number of aryl methyl sites for hydroxylation is 1. The quantitative estimate of drug-likeness (QED) is 0.789. The minimum atomic E-state index is -0.352. The normalized spacial score (nSPS) is 30.4. The zero-order chi connectivity index (χ0) is 17.1. The Hall–Kier alpha value is -2.54. The van der Waals surface area contributed by atoms with Crippen LogP contribution in [0.5, 0.6) is 0 Å². The van der Waals surface area contributed by atoms with Gasteiger partial charge in [-0.3, -0.25) is 9.59 Å². The van der Waals surface area contributed by atoms with Crippen LogP contribution >= 0.6 is 0 Å². The highest BCUT2D eigenvalue weighted by atomic mass is 16.5. The summed E-state index contributed by atoms with van der Waals surface area (Å²) in [7, 11) is 0. The first-order chi connectivity index (χ1) is 12.1. The summed E-state index contributed by atoms with van der Waals surface area (Å²) in [5, 5.41) is 4.36. The van der Waals surface area contributed by atoms with Crippen LogP contribution in [0.4, 0.5) is 5.95 Å². The predicted octanol–water partition coefficient (Wildman–Crippen LogP) is 1.30. The molecule has 2 aromatic rings. The van der Waals surface area contributed by atoms with E-state index in [1.807, 2.05) is 25.1 Å². The smallest absolute Gasteiger partial charge is 0.258 e. The predicted molar refractivity (Wildman–Crippen MR) is 87.7 cm³/mol. The molecule has 4 heterocycles. The second-order valence-corrected chi connectivity index (χ2v) is 7.08. The van der Waals surface area contributed by atoms with Gasteiger partial charge in [0, 0.05) is 0 Å². The Labute approximate surface area is 144 Å². The van der Waals surface area contributed by atoms with Gasteiger partial charge in [-0.2, -0.15) is 4.98 Å². The number of carbonyl (C=O) groups excluding carboxylic acids is 2. The summed E-state index contributed by atoms with van der Waals surface area (Å²) in [6.07, 6.45) is 3.04. The molecule has 0 aliphatic carbocycles. The molecule has 0 unspecified atom stereocenters. The number of benzene rings is 1. The van der Waals surface area contributed by atoms with Crippen LogP contribution < -0.4 is 4.90 Å². The molecular formula is C18H18N4O3. The van der Waals surface area contributed by atoms with Crippen molar-refractivity contribution in [1.82, 2.24) is 14.8 Å². The molecule has 0 saturated carbocycles. The molecule has 1 aromatic carbocycles. The van der Waals surface area contributed by atoms with Crippen LogP contribution in [-0.2, 0) is 20.9 Å². The zero-order valence-corrected chi connectivity index (χ0v) is 13.8. The van der Waals surface area contributed by atoms with Crippen molar-refractivity contribution in [2.24, 2.45) is 11.8 Å². The minimum absolute atomic E-state index is 0.120. The fourth-order valence-corrected chi connectivity index (χ4v) is 4.37. The molecule has 7 nitrogen and oxygen atoms in total. The van der Waals surface area contributed by atoms with E-state index in [1.165, 1.54) is 5.56 Å². The van der Waals surface area contributed by atoms with E-state index in [-0.39, 0.29) is 41.8 Å². The maximum Gasteiger partial charge on any atom is 0.258 e. The van der Waals surface area contributed by atoms with Crippen molar-refractivity contribution in [2.45, 2.75) is 38.5 Å². The number of fused-ring (bicyclic) bond motifs is 5. The lowest BCUT2D eigenvalue weighted by Gasteiger charge is -2.14. The molecule has 0 N–H and O–H groups in total. The van der Waals surface area contributed by atoms with Crippen molar-refractivity contribution in [3.63, 3.8) is 0 Å². The maximum atomic E-state index is 12.7. The molecule has 25 heavy (non-hydrogen) atoms. The molecule has 0 radical (unpaired) electrons. The first-order valence-electron chi connectivity index (χ1n) is 8.60. The number of amides is 2. The number of ether oxygens (including phenoxy) is 1. The Morgan fingerprint density at radius 2 is 1.88 bits per heavy atom. The number of nitrogens with zero attached hydrogens (tertiary/aromatic N) is 4. The van der Waals surface area contributed by atoms with Gasteiger partial charge in [-0.15, -0.1) is 5.10 Å². The molecule has 3 fully saturated rings. The van der Waals surface area contributed by atoms with Crippen molar-refractivity contribution in [3.05, 3.63) is 41.7 Å². The monoisotopic (exact) mass is 338 g/mol. The highest BCUT2D eigenvalue weighted by Crippen LogP contribution is 2.48. The van der Waals surface area contributed by atoms with Crippen molar-refractivity contribution in [3.8, 4) is 0 Å². The lowest BCUT2D eigenvalue weighted by Crippen LogP contribution is -2.35. The molecule has 7 heteroatoms. The van der Waals surface area contributed by atoms with Crippen LogP contribution in [0.2, 0.25) is 0 Å². The van der Waals surface area contributed by atoms with Gasteiger partial charge in [-0.1, -0.05) is 29.8 Å². The Kier molecular flexibility index (Phi) is 3.09. The molecular weight excluding hydrogens is 320 g/mol. The minimum Gasteiger partial charge on any atom is -0.373 e. The summed E-state index contributed by atoms with van der Waals surface area (Å²) in [5.74, 6) is -0.951. The number of carbonyl (C=O) groups is 2. The first-order valence-corrected chi connectivity index (χ1v) is 8.60. The van der Waals surface area contributed by atoms with E-state index in [1.54, 1.807) is 11.0 Å². The number of hydrogen-bond acceptors (Lipinski definition) is 5. The van der Waals surface area contributed by atoms with E-state index < -0.39 is 0 Å². The molecule has 2 amide bonds. The summed E-state index contributed by atoms with van der Waals surface area (Å²) in [6.45, 7) is 2.58. The topological polar surface area (TPSA) is 77.3 Å². The van der Waals surface area contributed by atoms with Crippen molar-refractivity contribution in [1.29, 1.82) is 0 Å². The summed E-state index contributed by atoms with van der Waals surface area (Å²) in [4.78, 5) is 30.8. The maximum absolute atomic E-state index is 12.7. The summed E-state index contributed by atoms with van der Waals surface area (Å²) >= 11 is 0. The number of rotatable bonds is 3. The van der Waals surface area contributed by atoms with Gasteiger partial charge in [0.25, 0.3) is 5.95 Å². The van der Waals surface area contributed by atoms with Crippen LogP contribution in [0.1, 0.15) is 24.0 Å². The molecule has 0 spiro atoms. The average Bonchev–Trinajstić information content (AvgIpc) is 3.33. The van der Waals surface area contributed by atoms with E-state index in [4.69, 9.17) is 4.74 Å². The molecule has 128 valence electrons. The highest BCUT2D eigenvalue weighted by molar-refractivity contribution is 6.21. The van der Waals surface area contributed by atoms with Crippen molar-refractivity contribution in [2.75, 3.05) is 4.90 Å². The van der Waals surface area contributed by atoms with Crippen LogP contribution in [0.15, 0.2) is 30.6 Å². The van der Waals surface area contributed by atoms with Gasteiger partial charge in [0.1, 0.15) is 6.33 Å². The van der Waals surface area contributed by atoms with E-state index in [9.17, 15) is 9.59 Å². The molecule has 5 rings (SSSR count). The van der Waals surface area contributed by atoms with E-state index in [0.29, 0.717) is 6.54 Å². The largest absolute Gasteiger partial charge is 0.373 e. The molecule has 3 aliphatic heterocycles. The Morgan fingerprint density at radius 1 is 1.16 bits per heavy atom. The molecule has 4 atom stereocenters. The second-order valence-electron chi connectivity index (χ2n) is 7.08. The Bertz CT molecular complexity index is 849. The van der Waals surface area contributed by atoms with Gasteiger partial charge in [0.2, 0.25) is 11.8 Å². The molecule has 2 bridgehead atoms. The molecule has 3 aliphatic rings. The van der Waals surface area contributed by atoms with E-state index >= 15 is 0 Å². The van der Waals surface area contributed by atoms with Gasteiger partial charge in [0.05, 0.1) is 30.6 Å². The highest BCUT2D eigenvalue weighted by Gasteiger charge is 2.63. The second kappa shape index (κ2) is 5.23. The fraction of sp³-hybridized carbons (Fsp3) is 0.444. The first kappa shape index (κ1) is 14.8. The number of hydrogen-bond donors (Lipinski definition) is 0. The van der Waals surface area contributed by atoms with Gasteiger partial charge in [-0.05, 0) is 25.3 Å². The average molecular weight is 338 g/mol. The molecule has 3 saturated heterocycles. The lowest BCUT2D eigenvalue weighted by atomic mass is 9.81. The molecule has 1 aromatic heterocycles. The van der Waals surface area contributed by atoms with Gasteiger partial charge < -0.3 is 4.74 Å². The van der Waals surface area contributed by atoms with Gasteiger partial charge in [-0.25, -0.2) is 9.58 Å². The van der Waals surface area contributed by atoms with Crippen LogP contribution in [0.3, 0.4) is 0 Å². The van der Waals surface area contributed by atoms with Crippen LogP contribution in [-0.4, -0.2) is 38.8 Å². The van der Waals surface area contributed by atoms with Crippen LogP contribution in [0, 0.1) is 18.8 Å². The summed E-state index contributed by atoms with van der Waals surface area (Å²) < 4.78 is 7.40. The Balaban J connectivity index is 1.40. The SMILES string of the molecule is Cc1cccc(Cn2cnc(N3C(=O)[C@@H]4[C@@H](C3=O)[C@@H]3CC[C@@H]4O3)n2)c1. The summed E-state index contributed by atoms with van der Waals surface area (Å²) in [5.41, 5.74) is 2.27. The van der Waals surface area contributed by atoms with E-state index in [2.05, 4.69) is 16.1 Å². The third kappa shape index (κ3) is 2.15. The third-order valence-electron chi connectivity index (χ3n) is 5.44. The lowest BCUT2D eigenvalue weighted by molar-refractivity contribution is -0.124. The van der Waals surface area contributed by atoms with Crippen LogP contribution in [0.25, 0.3) is 0 Å². The van der Waals surface area contributed by atoms with Gasteiger partial charge >= 0.3 is 0 Å². The number of imide groups is 1. The zero-order valence-electron chi connectivity index (χ0n) is 13.8. The Morgan fingerprint density at radius 3 is 2.56 bits per heavy atom. The third-order valence-corrected chi connectivity index (χ3v) is 5.44. The van der Waals surface area contributed by atoms with Crippen molar-refractivity contribution < 1.29 is 14.3 Å². The van der Waals surface area contributed by atoms with Crippen molar-refractivity contribution >= 4 is 17.8 Å². The van der Waals surface area contributed by atoms with Gasteiger partial charge in [0.15, 0.2) is 0 Å². The number of aromatic nitrogens is 3. The summed E-state index contributed by atoms with van der Waals surface area (Å²) in [6, 6.07) is 8.12. The van der Waals surface area contributed by atoms with E-state index in [0.717, 1.165) is 23.3 Å². The number of anilines is 1. The fourth-order valence-electron chi connectivity index (χ4n) is 4.37. The standard InChI is InChI=1S/C18H18N4O3/c1-10-3-2-4-11(7-10)8-21-9-19-18(20-21)22-16(23)14-12-5-6-13(25-12)15(14)17(22)24/h2-4,7,9,12-15H,5-6,8H2,1H3/t12-,13-,14-,15-/m0/s1.